The quantitative estimate of drug-likeness (QED) is 0.689. The number of hydrogen-bond donors (Lipinski definition) is 1. The second-order valence-corrected chi connectivity index (χ2v) is 2.23. The summed E-state index contributed by atoms with van der Waals surface area (Å²) in [4.78, 5) is 13.8. The van der Waals surface area contributed by atoms with Crippen LogP contribution in [0.1, 0.15) is 5.56 Å². The van der Waals surface area contributed by atoms with E-state index in [4.69, 9.17) is 5.11 Å². The van der Waals surface area contributed by atoms with Gasteiger partial charge >= 0.3 is 6.16 Å². The largest absolute Gasteiger partial charge is 0.505 e. The summed E-state index contributed by atoms with van der Waals surface area (Å²) in [5.74, 6) is 0. The first kappa shape index (κ1) is 8.52. The first-order valence-electron chi connectivity index (χ1n) is 3.53. The van der Waals surface area contributed by atoms with Crippen LogP contribution >= 0.6 is 0 Å². The third kappa shape index (κ3) is 3.01. The van der Waals surface area contributed by atoms with Gasteiger partial charge in [0.15, 0.2) is 0 Å². The molecule has 0 radical (unpaired) electrons. The normalized spacial score (nSPS) is 9.33. The van der Waals surface area contributed by atoms with Gasteiger partial charge < -0.3 is 9.84 Å². The Kier molecular flexibility index (Phi) is 3.07. The van der Waals surface area contributed by atoms with Gasteiger partial charge in [0.05, 0.1) is 6.61 Å². The van der Waals surface area contributed by atoms with E-state index in [1.807, 2.05) is 6.07 Å². The number of carbonyl (C=O) groups is 1. The summed E-state index contributed by atoms with van der Waals surface area (Å²) in [6, 6.07) is 3.67. The molecule has 64 valence electrons. The molecular formula is C8H9NO3. The lowest BCUT2D eigenvalue weighted by Crippen LogP contribution is -2.04. The van der Waals surface area contributed by atoms with Gasteiger partial charge in [0.1, 0.15) is 0 Å². The molecule has 4 heteroatoms. The summed E-state index contributed by atoms with van der Waals surface area (Å²) >= 11 is 0. The monoisotopic (exact) mass is 167 g/mol. The van der Waals surface area contributed by atoms with Crippen molar-refractivity contribution in [2.45, 2.75) is 6.42 Å². The van der Waals surface area contributed by atoms with Crippen molar-refractivity contribution in [3.8, 4) is 0 Å². The molecule has 0 bridgehead atoms. The Morgan fingerprint density at radius 2 is 2.50 bits per heavy atom. The van der Waals surface area contributed by atoms with Crippen LogP contribution in [0.3, 0.4) is 0 Å². The third-order valence-corrected chi connectivity index (χ3v) is 1.34. The zero-order chi connectivity index (χ0) is 8.81. The van der Waals surface area contributed by atoms with Crippen molar-refractivity contribution in [3.63, 3.8) is 0 Å². The minimum atomic E-state index is -1.24. The van der Waals surface area contributed by atoms with Crippen molar-refractivity contribution in [1.29, 1.82) is 0 Å². The highest BCUT2D eigenvalue weighted by Crippen LogP contribution is 1.96. The highest BCUT2D eigenvalue weighted by Gasteiger charge is 1.96. The number of pyridine rings is 1. The molecule has 0 fully saturated rings. The van der Waals surface area contributed by atoms with Crippen LogP contribution in [-0.2, 0) is 11.2 Å². The lowest BCUT2D eigenvalue weighted by molar-refractivity contribution is 0.0927. The van der Waals surface area contributed by atoms with Crippen LogP contribution in [0.5, 0.6) is 0 Å². The van der Waals surface area contributed by atoms with Crippen LogP contribution in [0.15, 0.2) is 24.5 Å². The molecule has 1 N–H and O–H groups in total. The van der Waals surface area contributed by atoms with Crippen molar-refractivity contribution >= 4 is 6.16 Å². The van der Waals surface area contributed by atoms with E-state index >= 15 is 0 Å². The van der Waals surface area contributed by atoms with Gasteiger partial charge in [-0.05, 0) is 11.6 Å². The summed E-state index contributed by atoms with van der Waals surface area (Å²) in [5, 5.41) is 8.15. The molecule has 0 aromatic carbocycles. The molecule has 0 unspecified atom stereocenters. The van der Waals surface area contributed by atoms with Gasteiger partial charge in [0, 0.05) is 18.8 Å². The molecule has 4 nitrogen and oxygen atoms in total. The van der Waals surface area contributed by atoms with Crippen LogP contribution in [0.4, 0.5) is 4.79 Å². The van der Waals surface area contributed by atoms with Gasteiger partial charge in [-0.3, -0.25) is 4.98 Å². The summed E-state index contributed by atoms with van der Waals surface area (Å²) in [7, 11) is 0. The van der Waals surface area contributed by atoms with E-state index in [1.165, 1.54) is 0 Å². The molecule has 1 aromatic rings. The van der Waals surface area contributed by atoms with Gasteiger partial charge in [-0.15, -0.1) is 0 Å². The Bertz CT molecular complexity index is 248. The fraction of sp³-hybridized carbons (Fsp3) is 0.250. The number of ether oxygens (including phenoxy) is 1. The summed E-state index contributed by atoms with van der Waals surface area (Å²) in [6.45, 7) is 0.182. The SMILES string of the molecule is O=C(O)OCCc1cccnc1. The molecule has 0 saturated heterocycles. The van der Waals surface area contributed by atoms with Gasteiger partial charge in [-0.2, -0.15) is 0 Å². The van der Waals surface area contributed by atoms with Crippen molar-refractivity contribution < 1.29 is 14.6 Å². The van der Waals surface area contributed by atoms with Gasteiger partial charge in [0.2, 0.25) is 0 Å². The van der Waals surface area contributed by atoms with Gasteiger partial charge in [0.25, 0.3) is 0 Å². The lowest BCUT2D eigenvalue weighted by Gasteiger charge is -1.99. The molecule has 1 heterocycles. The molecule has 0 aliphatic heterocycles. The predicted octanol–water partition coefficient (Wildman–Crippen LogP) is 1.32. The zero-order valence-electron chi connectivity index (χ0n) is 6.43. The Labute approximate surface area is 69.8 Å². The molecule has 0 atom stereocenters. The van der Waals surface area contributed by atoms with E-state index < -0.39 is 6.16 Å². The number of carboxylic acid groups (broad SMARTS) is 1. The number of rotatable bonds is 3. The predicted molar refractivity (Wildman–Crippen MR) is 41.9 cm³/mol. The molecular weight excluding hydrogens is 158 g/mol. The number of nitrogens with zero attached hydrogens (tertiary/aromatic N) is 1. The second-order valence-electron chi connectivity index (χ2n) is 2.23. The van der Waals surface area contributed by atoms with Crippen molar-refractivity contribution in [2.75, 3.05) is 6.61 Å². The maximum Gasteiger partial charge on any atom is 0.505 e. The van der Waals surface area contributed by atoms with Crippen molar-refractivity contribution in [2.24, 2.45) is 0 Å². The minimum Gasteiger partial charge on any atom is -0.450 e. The van der Waals surface area contributed by atoms with Crippen LogP contribution in [0, 0.1) is 0 Å². The highest BCUT2D eigenvalue weighted by molar-refractivity contribution is 5.56. The fourth-order valence-corrected chi connectivity index (χ4v) is 0.802. The zero-order valence-corrected chi connectivity index (χ0v) is 6.43. The number of aromatic nitrogens is 1. The average molecular weight is 167 g/mol. The van der Waals surface area contributed by atoms with E-state index in [-0.39, 0.29) is 6.61 Å². The first-order chi connectivity index (χ1) is 5.79. The van der Waals surface area contributed by atoms with Gasteiger partial charge in [-0.25, -0.2) is 4.79 Å². The van der Waals surface area contributed by atoms with E-state index in [1.54, 1.807) is 18.5 Å². The summed E-state index contributed by atoms with van der Waals surface area (Å²) in [6.07, 6.45) is 2.69. The second kappa shape index (κ2) is 4.33. The van der Waals surface area contributed by atoms with E-state index in [0.29, 0.717) is 6.42 Å². The summed E-state index contributed by atoms with van der Waals surface area (Å²) in [5.41, 5.74) is 0.971. The van der Waals surface area contributed by atoms with Crippen LogP contribution in [0.2, 0.25) is 0 Å². The van der Waals surface area contributed by atoms with Crippen LogP contribution < -0.4 is 0 Å². The summed E-state index contributed by atoms with van der Waals surface area (Å²) < 4.78 is 4.33. The van der Waals surface area contributed by atoms with Crippen LogP contribution in [-0.4, -0.2) is 22.9 Å². The maximum atomic E-state index is 9.95. The highest BCUT2D eigenvalue weighted by atomic mass is 16.7. The molecule has 1 rings (SSSR count). The number of hydrogen-bond acceptors (Lipinski definition) is 3. The Morgan fingerprint density at radius 1 is 1.67 bits per heavy atom. The molecule has 0 aliphatic carbocycles. The van der Waals surface area contributed by atoms with Crippen molar-refractivity contribution in [1.82, 2.24) is 4.98 Å². The van der Waals surface area contributed by atoms with Crippen LogP contribution in [0.25, 0.3) is 0 Å². The molecule has 0 amide bonds. The van der Waals surface area contributed by atoms with Gasteiger partial charge in [-0.1, -0.05) is 6.07 Å². The third-order valence-electron chi connectivity index (χ3n) is 1.34. The molecule has 0 spiro atoms. The molecule has 1 aromatic heterocycles. The van der Waals surface area contributed by atoms with E-state index in [9.17, 15) is 4.79 Å². The molecule has 12 heavy (non-hydrogen) atoms. The standard InChI is InChI=1S/C8H9NO3/c10-8(11)12-5-3-7-2-1-4-9-6-7/h1-2,4,6H,3,5H2,(H,10,11). The minimum absolute atomic E-state index is 0.182. The first-order valence-corrected chi connectivity index (χ1v) is 3.53. The Morgan fingerprint density at radius 3 is 3.08 bits per heavy atom. The molecule has 0 saturated carbocycles. The Balaban J connectivity index is 2.29. The van der Waals surface area contributed by atoms with E-state index in [0.717, 1.165) is 5.56 Å². The molecule has 0 aliphatic rings. The smallest absolute Gasteiger partial charge is 0.450 e. The van der Waals surface area contributed by atoms with Crippen molar-refractivity contribution in [3.05, 3.63) is 30.1 Å². The fourth-order valence-electron chi connectivity index (χ4n) is 0.802. The van der Waals surface area contributed by atoms with E-state index in [2.05, 4.69) is 9.72 Å². The topological polar surface area (TPSA) is 59.4 Å². The Hall–Kier alpha value is -1.58. The lowest BCUT2D eigenvalue weighted by atomic mass is 10.2. The maximum absolute atomic E-state index is 9.95. The average Bonchev–Trinajstić information content (AvgIpc) is 2.05.